The second-order valence-electron chi connectivity index (χ2n) is 5.96. The van der Waals surface area contributed by atoms with Gasteiger partial charge in [0.25, 0.3) is 0 Å². The Balaban J connectivity index is 2.08. The zero-order valence-electron chi connectivity index (χ0n) is 14.7. The molecule has 0 saturated carbocycles. The van der Waals surface area contributed by atoms with Crippen molar-refractivity contribution in [3.8, 4) is 0 Å². The number of nitrogens with zero attached hydrogens (tertiary/aromatic N) is 2. The van der Waals surface area contributed by atoms with Gasteiger partial charge in [0.05, 0.1) is 44.7 Å². The van der Waals surface area contributed by atoms with Crippen molar-refractivity contribution in [2.75, 3.05) is 33.0 Å². The summed E-state index contributed by atoms with van der Waals surface area (Å²) in [4.78, 5) is 22.9. The van der Waals surface area contributed by atoms with Gasteiger partial charge in [-0.3, -0.25) is 4.68 Å². The normalized spacial score (nSPS) is 11.3. The molecule has 0 spiro atoms. The molecule has 0 fully saturated rings. The average Bonchev–Trinajstić information content (AvgIpc) is 2.93. The van der Waals surface area contributed by atoms with E-state index in [1.807, 2.05) is 0 Å². The standard InChI is InChI=1S/C16H26N2O6/c1-5-23-15(20)13-10-17-18(11-13)6-7-21-8-9-22-12-14(19)24-16(2,3)4/h10-11H,5-9,12H2,1-4H3. The fourth-order valence-corrected chi connectivity index (χ4v) is 1.71. The third-order valence-corrected chi connectivity index (χ3v) is 2.62. The molecule has 0 saturated heterocycles. The van der Waals surface area contributed by atoms with Crippen molar-refractivity contribution in [3.05, 3.63) is 18.0 Å². The van der Waals surface area contributed by atoms with Crippen LogP contribution in [0, 0.1) is 0 Å². The van der Waals surface area contributed by atoms with Crippen LogP contribution in [0.2, 0.25) is 0 Å². The van der Waals surface area contributed by atoms with Gasteiger partial charge in [-0.25, -0.2) is 9.59 Å². The third-order valence-electron chi connectivity index (χ3n) is 2.62. The molecule has 24 heavy (non-hydrogen) atoms. The molecule has 1 rings (SSSR count). The first-order valence-corrected chi connectivity index (χ1v) is 7.88. The Morgan fingerprint density at radius 1 is 1.17 bits per heavy atom. The van der Waals surface area contributed by atoms with Crippen LogP contribution in [0.25, 0.3) is 0 Å². The van der Waals surface area contributed by atoms with E-state index in [1.165, 1.54) is 6.20 Å². The fourth-order valence-electron chi connectivity index (χ4n) is 1.71. The molecule has 0 unspecified atom stereocenters. The number of rotatable bonds is 10. The summed E-state index contributed by atoms with van der Waals surface area (Å²) in [7, 11) is 0. The second-order valence-corrected chi connectivity index (χ2v) is 5.96. The molecule has 0 aromatic carbocycles. The zero-order valence-corrected chi connectivity index (χ0v) is 14.7. The number of hydrogen-bond acceptors (Lipinski definition) is 7. The highest BCUT2D eigenvalue weighted by molar-refractivity contribution is 5.88. The molecule has 0 aliphatic carbocycles. The topological polar surface area (TPSA) is 88.9 Å². The third kappa shape index (κ3) is 8.64. The summed E-state index contributed by atoms with van der Waals surface area (Å²) in [5.74, 6) is -0.786. The molecule has 1 aromatic heterocycles. The van der Waals surface area contributed by atoms with Gasteiger partial charge < -0.3 is 18.9 Å². The minimum Gasteiger partial charge on any atom is -0.462 e. The van der Waals surface area contributed by atoms with Crippen LogP contribution in [0.1, 0.15) is 38.1 Å². The smallest absolute Gasteiger partial charge is 0.341 e. The Bertz CT molecular complexity index is 521. The quantitative estimate of drug-likeness (QED) is 0.469. The van der Waals surface area contributed by atoms with E-state index in [0.29, 0.717) is 38.5 Å². The summed E-state index contributed by atoms with van der Waals surface area (Å²) in [6.07, 6.45) is 3.07. The molecule has 0 atom stereocenters. The van der Waals surface area contributed by atoms with E-state index < -0.39 is 11.6 Å². The predicted molar refractivity (Wildman–Crippen MR) is 85.7 cm³/mol. The van der Waals surface area contributed by atoms with Gasteiger partial charge in [0.2, 0.25) is 0 Å². The van der Waals surface area contributed by atoms with Gasteiger partial charge in [-0.05, 0) is 27.7 Å². The molecule has 0 N–H and O–H groups in total. The van der Waals surface area contributed by atoms with Gasteiger partial charge >= 0.3 is 11.9 Å². The van der Waals surface area contributed by atoms with Crippen LogP contribution in [0.5, 0.6) is 0 Å². The minimum atomic E-state index is -0.511. The van der Waals surface area contributed by atoms with Crippen molar-refractivity contribution in [2.24, 2.45) is 0 Å². The van der Waals surface area contributed by atoms with E-state index in [-0.39, 0.29) is 12.6 Å². The summed E-state index contributed by atoms with van der Waals surface area (Å²) in [6, 6.07) is 0. The molecule has 0 bridgehead atoms. The van der Waals surface area contributed by atoms with Crippen LogP contribution >= 0.6 is 0 Å². The predicted octanol–water partition coefficient (Wildman–Crippen LogP) is 1.43. The van der Waals surface area contributed by atoms with Crippen molar-refractivity contribution >= 4 is 11.9 Å². The maximum atomic E-state index is 11.5. The molecule has 8 heteroatoms. The van der Waals surface area contributed by atoms with Crippen molar-refractivity contribution in [2.45, 2.75) is 39.8 Å². The first kappa shape index (κ1) is 20.1. The molecule has 0 aliphatic rings. The van der Waals surface area contributed by atoms with Crippen molar-refractivity contribution in [3.63, 3.8) is 0 Å². The second kappa shape index (κ2) is 10.0. The fraction of sp³-hybridized carbons (Fsp3) is 0.688. The molecule has 1 aromatic rings. The Morgan fingerprint density at radius 2 is 1.88 bits per heavy atom. The number of aromatic nitrogens is 2. The highest BCUT2D eigenvalue weighted by Gasteiger charge is 2.15. The molecule has 136 valence electrons. The Morgan fingerprint density at radius 3 is 2.54 bits per heavy atom. The van der Waals surface area contributed by atoms with E-state index in [1.54, 1.807) is 38.6 Å². The summed E-state index contributed by atoms with van der Waals surface area (Å²) in [6.45, 7) is 8.97. The number of carbonyl (C=O) groups excluding carboxylic acids is 2. The van der Waals surface area contributed by atoms with Crippen molar-refractivity contribution in [1.82, 2.24) is 9.78 Å². The lowest BCUT2D eigenvalue weighted by Crippen LogP contribution is -2.27. The van der Waals surface area contributed by atoms with E-state index in [4.69, 9.17) is 18.9 Å². The number of hydrogen-bond donors (Lipinski definition) is 0. The summed E-state index contributed by atoms with van der Waals surface area (Å²) >= 11 is 0. The summed E-state index contributed by atoms with van der Waals surface area (Å²) < 4.78 is 22.2. The zero-order chi connectivity index (χ0) is 18.0. The van der Waals surface area contributed by atoms with Gasteiger partial charge in [-0.2, -0.15) is 5.10 Å². The lowest BCUT2D eigenvalue weighted by Gasteiger charge is -2.19. The van der Waals surface area contributed by atoms with Crippen LogP contribution in [0.15, 0.2) is 12.4 Å². The first-order chi connectivity index (χ1) is 11.3. The molecule has 8 nitrogen and oxygen atoms in total. The van der Waals surface area contributed by atoms with Crippen LogP contribution in [0.3, 0.4) is 0 Å². The van der Waals surface area contributed by atoms with Crippen LogP contribution < -0.4 is 0 Å². The molecule has 1 heterocycles. The number of ether oxygens (including phenoxy) is 4. The molecule has 0 radical (unpaired) electrons. The highest BCUT2D eigenvalue weighted by atomic mass is 16.6. The van der Waals surface area contributed by atoms with Crippen LogP contribution in [0.4, 0.5) is 0 Å². The van der Waals surface area contributed by atoms with Crippen LogP contribution in [-0.2, 0) is 30.3 Å². The monoisotopic (exact) mass is 342 g/mol. The number of esters is 2. The maximum absolute atomic E-state index is 11.5. The van der Waals surface area contributed by atoms with Crippen molar-refractivity contribution in [1.29, 1.82) is 0 Å². The Kier molecular flexibility index (Phi) is 8.42. The SMILES string of the molecule is CCOC(=O)c1cnn(CCOCCOCC(=O)OC(C)(C)C)c1. The van der Waals surface area contributed by atoms with Gasteiger partial charge in [0.15, 0.2) is 0 Å². The van der Waals surface area contributed by atoms with E-state index in [0.717, 1.165) is 0 Å². The number of carbonyl (C=O) groups is 2. The molecule has 0 aliphatic heterocycles. The summed E-state index contributed by atoms with van der Waals surface area (Å²) in [5, 5.41) is 4.05. The van der Waals surface area contributed by atoms with E-state index in [2.05, 4.69) is 5.10 Å². The van der Waals surface area contributed by atoms with Crippen molar-refractivity contribution < 1.29 is 28.5 Å². The highest BCUT2D eigenvalue weighted by Crippen LogP contribution is 2.06. The molecular formula is C16H26N2O6. The minimum absolute atomic E-state index is 0.0946. The Hall–Kier alpha value is -1.93. The van der Waals surface area contributed by atoms with Gasteiger partial charge in [0.1, 0.15) is 12.2 Å². The van der Waals surface area contributed by atoms with Gasteiger partial charge in [-0.1, -0.05) is 0 Å². The maximum Gasteiger partial charge on any atom is 0.341 e. The molecule has 0 amide bonds. The lowest BCUT2D eigenvalue weighted by molar-refractivity contribution is -0.160. The van der Waals surface area contributed by atoms with E-state index >= 15 is 0 Å². The van der Waals surface area contributed by atoms with Gasteiger partial charge in [-0.15, -0.1) is 0 Å². The average molecular weight is 342 g/mol. The first-order valence-electron chi connectivity index (χ1n) is 7.88. The van der Waals surface area contributed by atoms with Crippen LogP contribution in [-0.4, -0.2) is 60.4 Å². The Labute approximate surface area is 142 Å². The van der Waals surface area contributed by atoms with Gasteiger partial charge in [0, 0.05) is 6.20 Å². The summed E-state index contributed by atoms with van der Waals surface area (Å²) in [5.41, 5.74) is -0.0964. The molecular weight excluding hydrogens is 316 g/mol. The largest absolute Gasteiger partial charge is 0.462 e. The van der Waals surface area contributed by atoms with E-state index in [9.17, 15) is 9.59 Å². The lowest BCUT2D eigenvalue weighted by atomic mass is 10.2.